The molecule has 1 atom stereocenters. The van der Waals surface area contributed by atoms with E-state index in [1.807, 2.05) is 0 Å². The van der Waals surface area contributed by atoms with Gasteiger partial charge < -0.3 is 14.7 Å². The lowest BCUT2D eigenvalue weighted by molar-refractivity contribution is -0.151. The fourth-order valence-electron chi connectivity index (χ4n) is 2.54. The molecule has 1 aromatic carbocycles. The van der Waals surface area contributed by atoms with Crippen molar-refractivity contribution in [1.82, 2.24) is 4.90 Å². The summed E-state index contributed by atoms with van der Waals surface area (Å²) in [5, 5.41) is 9.32. The Hall–Kier alpha value is -2.02. The number of carbonyl (C=O) groups excluding carboxylic acids is 1. The second-order valence-corrected chi connectivity index (χ2v) is 5.15. The molecule has 21 heavy (non-hydrogen) atoms. The molecule has 0 bridgehead atoms. The fraction of sp³-hybridized carbons (Fsp3) is 0.429. The molecule has 0 spiro atoms. The topological polar surface area (TPSA) is 66.8 Å². The van der Waals surface area contributed by atoms with Crippen molar-refractivity contribution in [2.24, 2.45) is 5.41 Å². The zero-order chi connectivity index (χ0) is 15.6. The van der Waals surface area contributed by atoms with Crippen molar-refractivity contribution in [3.8, 4) is 0 Å². The van der Waals surface area contributed by atoms with E-state index < -0.39 is 28.9 Å². The van der Waals surface area contributed by atoms with E-state index in [0.29, 0.717) is 6.07 Å². The molecule has 114 valence electrons. The van der Waals surface area contributed by atoms with Crippen LogP contribution in [0.4, 0.5) is 8.78 Å². The first-order valence-electron chi connectivity index (χ1n) is 6.36. The van der Waals surface area contributed by atoms with Gasteiger partial charge in [-0.25, -0.2) is 8.78 Å². The number of methoxy groups -OCH3 is 1. The monoisotopic (exact) mass is 299 g/mol. The zero-order valence-electron chi connectivity index (χ0n) is 11.4. The number of aliphatic carboxylic acids is 1. The second kappa shape index (κ2) is 5.77. The molecule has 5 nitrogen and oxygen atoms in total. The van der Waals surface area contributed by atoms with Crippen LogP contribution in [0, 0.1) is 17.0 Å². The maximum absolute atomic E-state index is 13.2. The van der Waals surface area contributed by atoms with E-state index in [2.05, 4.69) is 0 Å². The molecule has 0 aliphatic carbocycles. The Morgan fingerprint density at radius 1 is 1.33 bits per heavy atom. The average molecular weight is 299 g/mol. The van der Waals surface area contributed by atoms with Gasteiger partial charge in [0.25, 0.3) is 5.91 Å². The smallest absolute Gasteiger partial charge is 0.313 e. The van der Waals surface area contributed by atoms with E-state index in [-0.39, 0.29) is 31.7 Å². The maximum atomic E-state index is 13.2. The Kier molecular flexibility index (Phi) is 4.22. The predicted molar refractivity (Wildman–Crippen MR) is 68.8 cm³/mol. The molecule has 1 aliphatic rings. The molecule has 2 rings (SSSR count). The summed E-state index contributed by atoms with van der Waals surface area (Å²) in [7, 11) is 1.39. The number of nitrogens with zero attached hydrogens (tertiary/aromatic N) is 1. The van der Waals surface area contributed by atoms with E-state index in [4.69, 9.17) is 4.74 Å². The molecule has 1 heterocycles. The highest BCUT2D eigenvalue weighted by atomic mass is 19.1. The highest BCUT2D eigenvalue weighted by Gasteiger charge is 2.46. The van der Waals surface area contributed by atoms with Crippen LogP contribution in [-0.4, -0.2) is 48.7 Å². The van der Waals surface area contributed by atoms with Gasteiger partial charge in [0, 0.05) is 31.8 Å². The minimum Gasteiger partial charge on any atom is -0.481 e. The van der Waals surface area contributed by atoms with Crippen molar-refractivity contribution in [2.75, 3.05) is 26.8 Å². The van der Waals surface area contributed by atoms with Crippen molar-refractivity contribution in [2.45, 2.75) is 6.42 Å². The molecule has 1 aliphatic heterocycles. The third-order valence-corrected chi connectivity index (χ3v) is 3.62. The molecule has 1 aromatic rings. The number of ether oxygens (including phenoxy) is 1. The number of likely N-dealkylation sites (tertiary alicyclic amines) is 1. The number of hydrogen-bond acceptors (Lipinski definition) is 3. The van der Waals surface area contributed by atoms with Gasteiger partial charge in [0.15, 0.2) is 0 Å². The Morgan fingerprint density at radius 2 is 1.95 bits per heavy atom. The molecule has 7 heteroatoms. The van der Waals surface area contributed by atoms with Crippen LogP contribution in [0.15, 0.2) is 18.2 Å². The van der Waals surface area contributed by atoms with E-state index >= 15 is 0 Å². The summed E-state index contributed by atoms with van der Waals surface area (Å²) in [4.78, 5) is 24.9. The van der Waals surface area contributed by atoms with Gasteiger partial charge in [-0.3, -0.25) is 9.59 Å². The van der Waals surface area contributed by atoms with Gasteiger partial charge in [-0.2, -0.15) is 0 Å². The standard InChI is InChI=1S/C14H15F2NO4/c1-21-8-14(13(19)20)2-3-17(7-14)12(18)9-4-10(15)6-11(16)5-9/h4-6H,2-3,7-8H2,1H3,(H,19,20). The maximum Gasteiger partial charge on any atom is 0.313 e. The lowest BCUT2D eigenvalue weighted by atomic mass is 9.88. The summed E-state index contributed by atoms with van der Waals surface area (Å²) in [6.07, 6.45) is 0.236. The van der Waals surface area contributed by atoms with Crippen LogP contribution in [-0.2, 0) is 9.53 Å². The number of hydrogen-bond donors (Lipinski definition) is 1. The van der Waals surface area contributed by atoms with Crippen molar-refractivity contribution >= 4 is 11.9 Å². The summed E-state index contributed by atoms with van der Waals surface area (Å²) in [6.45, 7) is 0.128. The van der Waals surface area contributed by atoms with Gasteiger partial charge in [0.05, 0.1) is 6.61 Å². The van der Waals surface area contributed by atoms with E-state index in [0.717, 1.165) is 12.1 Å². The molecule has 1 saturated heterocycles. The number of rotatable bonds is 4. The van der Waals surface area contributed by atoms with Crippen LogP contribution in [0.2, 0.25) is 0 Å². The van der Waals surface area contributed by atoms with Crippen molar-refractivity contribution in [3.05, 3.63) is 35.4 Å². The van der Waals surface area contributed by atoms with Crippen LogP contribution < -0.4 is 0 Å². The first-order valence-corrected chi connectivity index (χ1v) is 6.36. The summed E-state index contributed by atoms with van der Waals surface area (Å²) in [5.41, 5.74) is -1.30. The van der Waals surface area contributed by atoms with Crippen molar-refractivity contribution < 1.29 is 28.2 Å². The summed E-state index contributed by atoms with van der Waals surface area (Å²) in [5.74, 6) is -3.34. The minimum absolute atomic E-state index is 0.0242. The van der Waals surface area contributed by atoms with Gasteiger partial charge in [-0.15, -0.1) is 0 Å². The normalized spacial score (nSPS) is 21.6. The molecule has 0 aromatic heterocycles. The summed E-state index contributed by atoms with van der Waals surface area (Å²) in [6, 6.07) is 2.54. The minimum atomic E-state index is -1.17. The molecular formula is C14H15F2NO4. The van der Waals surface area contributed by atoms with Crippen LogP contribution in [0.3, 0.4) is 0 Å². The van der Waals surface area contributed by atoms with Crippen LogP contribution >= 0.6 is 0 Å². The highest BCUT2D eigenvalue weighted by Crippen LogP contribution is 2.32. The molecule has 1 unspecified atom stereocenters. The largest absolute Gasteiger partial charge is 0.481 e. The zero-order valence-corrected chi connectivity index (χ0v) is 11.4. The Bertz CT molecular complexity index is 558. The highest BCUT2D eigenvalue weighted by molar-refractivity contribution is 5.95. The third-order valence-electron chi connectivity index (χ3n) is 3.62. The Labute approximate surface area is 120 Å². The first-order chi connectivity index (χ1) is 9.88. The van der Waals surface area contributed by atoms with Gasteiger partial charge in [0.2, 0.25) is 0 Å². The van der Waals surface area contributed by atoms with Gasteiger partial charge in [0.1, 0.15) is 17.0 Å². The number of amides is 1. The summed E-state index contributed by atoms with van der Waals surface area (Å²) >= 11 is 0. The van der Waals surface area contributed by atoms with Crippen LogP contribution in [0.1, 0.15) is 16.8 Å². The first kappa shape index (κ1) is 15.4. The van der Waals surface area contributed by atoms with Gasteiger partial charge in [-0.05, 0) is 18.6 Å². The van der Waals surface area contributed by atoms with Crippen molar-refractivity contribution in [3.63, 3.8) is 0 Å². The van der Waals surface area contributed by atoms with Crippen molar-refractivity contribution in [1.29, 1.82) is 0 Å². The SMILES string of the molecule is COCC1(C(=O)O)CCN(C(=O)c2cc(F)cc(F)c2)C1. The Balaban J connectivity index is 2.20. The molecule has 1 N–H and O–H groups in total. The third kappa shape index (κ3) is 3.02. The van der Waals surface area contributed by atoms with E-state index in [1.165, 1.54) is 12.0 Å². The number of benzene rings is 1. The molecule has 1 fully saturated rings. The molecular weight excluding hydrogens is 284 g/mol. The number of halogens is 2. The van der Waals surface area contributed by atoms with Gasteiger partial charge in [-0.1, -0.05) is 0 Å². The number of carboxylic acids is 1. The lowest BCUT2D eigenvalue weighted by Crippen LogP contribution is -2.40. The fourth-order valence-corrected chi connectivity index (χ4v) is 2.54. The lowest BCUT2D eigenvalue weighted by Gasteiger charge is -2.23. The molecule has 0 saturated carbocycles. The van der Waals surface area contributed by atoms with Crippen LogP contribution in [0.25, 0.3) is 0 Å². The van der Waals surface area contributed by atoms with E-state index in [9.17, 15) is 23.5 Å². The number of carbonyl (C=O) groups is 2. The molecule has 0 radical (unpaired) electrons. The number of carboxylic acid groups (broad SMARTS) is 1. The quantitative estimate of drug-likeness (QED) is 0.915. The predicted octanol–water partition coefficient (Wildman–Crippen LogP) is 1.53. The van der Waals surface area contributed by atoms with Crippen LogP contribution in [0.5, 0.6) is 0 Å². The second-order valence-electron chi connectivity index (χ2n) is 5.15. The molecule has 1 amide bonds. The summed E-state index contributed by atoms with van der Waals surface area (Å²) < 4.78 is 31.2. The Morgan fingerprint density at radius 3 is 2.48 bits per heavy atom. The van der Waals surface area contributed by atoms with E-state index in [1.54, 1.807) is 0 Å². The average Bonchev–Trinajstić information content (AvgIpc) is 2.83. The van der Waals surface area contributed by atoms with Gasteiger partial charge >= 0.3 is 5.97 Å².